The number of hydrogen-bond acceptors (Lipinski definition) is 6. The molecular weight excluding hydrogens is 328 g/mol. The number of hydrogen-bond donors (Lipinski definition) is 1. The molecule has 1 aliphatic heterocycles. The first-order chi connectivity index (χ1) is 11.8. The number of aryl methyl sites for hydroxylation is 2. The van der Waals surface area contributed by atoms with Crippen molar-refractivity contribution in [3.63, 3.8) is 0 Å². The highest BCUT2D eigenvalue weighted by Crippen LogP contribution is 2.33. The van der Waals surface area contributed by atoms with Gasteiger partial charge in [0.15, 0.2) is 0 Å². The number of nitro benzene ring substituents is 1. The summed E-state index contributed by atoms with van der Waals surface area (Å²) in [5, 5.41) is 11.5. The third-order valence-electron chi connectivity index (χ3n) is 4.66. The van der Waals surface area contributed by atoms with Crippen LogP contribution in [0.3, 0.4) is 0 Å². The fourth-order valence-corrected chi connectivity index (χ4v) is 3.29. The zero-order valence-corrected chi connectivity index (χ0v) is 14.1. The van der Waals surface area contributed by atoms with Crippen molar-refractivity contribution in [2.45, 2.75) is 0 Å². The molecule has 3 rings (SSSR count). The van der Waals surface area contributed by atoms with Gasteiger partial charge in [0.05, 0.1) is 22.5 Å². The number of rotatable bonds is 4. The molecule has 10 nitrogen and oxygen atoms in total. The van der Waals surface area contributed by atoms with Gasteiger partial charge in [0, 0.05) is 46.3 Å². The highest BCUT2D eigenvalue weighted by Gasteiger charge is 2.26. The Labute approximate surface area is 143 Å². The van der Waals surface area contributed by atoms with Gasteiger partial charge in [-0.2, -0.15) is 0 Å². The minimum Gasteiger partial charge on any atom is -0.369 e. The van der Waals surface area contributed by atoms with E-state index in [1.807, 2.05) is 9.80 Å². The SMILES string of the molecule is Cn1c(=O)n(C)c2cc([N+](=O)[O-])c(N3CCN(CC(N)=O)CC3)cc21. The smallest absolute Gasteiger partial charge is 0.328 e. The lowest BCUT2D eigenvalue weighted by molar-refractivity contribution is -0.384. The molecule has 1 aromatic carbocycles. The van der Waals surface area contributed by atoms with E-state index in [9.17, 15) is 19.7 Å². The Morgan fingerprint density at radius 3 is 2.24 bits per heavy atom. The Kier molecular flexibility index (Phi) is 4.21. The van der Waals surface area contributed by atoms with Crippen LogP contribution in [0.4, 0.5) is 11.4 Å². The second-order valence-corrected chi connectivity index (χ2v) is 6.22. The summed E-state index contributed by atoms with van der Waals surface area (Å²) in [7, 11) is 3.24. The lowest BCUT2D eigenvalue weighted by Crippen LogP contribution is -2.49. The zero-order valence-electron chi connectivity index (χ0n) is 14.1. The van der Waals surface area contributed by atoms with Crippen LogP contribution in [0.15, 0.2) is 16.9 Å². The van der Waals surface area contributed by atoms with Crippen LogP contribution in [0.2, 0.25) is 0 Å². The topological polar surface area (TPSA) is 120 Å². The van der Waals surface area contributed by atoms with E-state index < -0.39 is 4.92 Å². The maximum Gasteiger partial charge on any atom is 0.328 e. The van der Waals surface area contributed by atoms with Crippen LogP contribution in [-0.4, -0.2) is 57.6 Å². The average molecular weight is 348 g/mol. The van der Waals surface area contributed by atoms with E-state index in [0.29, 0.717) is 42.9 Å². The van der Waals surface area contributed by atoms with Crippen molar-refractivity contribution >= 4 is 28.3 Å². The molecule has 1 saturated heterocycles. The number of benzene rings is 1. The number of anilines is 1. The summed E-state index contributed by atoms with van der Waals surface area (Å²) in [4.78, 5) is 38.1. The molecule has 0 bridgehead atoms. The van der Waals surface area contributed by atoms with Crippen molar-refractivity contribution in [3.8, 4) is 0 Å². The second kappa shape index (κ2) is 6.20. The first-order valence-corrected chi connectivity index (χ1v) is 7.89. The van der Waals surface area contributed by atoms with Gasteiger partial charge in [-0.05, 0) is 6.07 Å². The summed E-state index contributed by atoms with van der Waals surface area (Å²) in [5.74, 6) is -0.389. The van der Waals surface area contributed by atoms with E-state index in [0.717, 1.165) is 0 Å². The number of amides is 1. The molecule has 0 spiro atoms. The Hall–Kier alpha value is -2.88. The summed E-state index contributed by atoms with van der Waals surface area (Å²) in [5.41, 5.74) is 6.60. The van der Waals surface area contributed by atoms with E-state index in [-0.39, 0.29) is 23.8 Å². The van der Waals surface area contributed by atoms with Gasteiger partial charge in [-0.3, -0.25) is 28.9 Å². The predicted molar refractivity (Wildman–Crippen MR) is 92.7 cm³/mol. The molecule has 2 aromatic rings. The number of carbonyl (C=O) groups excluding carboxylic acids is 1. The van der Waals surface area contributed by atoms with E-state index in [1.54, 1.807) is 20.2 Å². The van der Waals surface area contributed by atoms with Crippen LogP contribution < -0.4 is 16.3 Å². The van der Waals surface area contributed by atoms with Gasteiger partial charge in [0.2, 0.25) is 5.91 Å². The van der Waals surface area contributed by atoms with Crippen molar-refractivity contribution < 1.29 is 9.72 Å². The molecule has 0 radical (unpaired) electrons. The number of nitrogens with zero attached hydrogens (tertiary/aromatic N) is 5. The third-order valence-corrected chi connectivity index (χ3v) is 4.66. The summed E-state index contributed by atoms with van der Waals surface area (Å²) in [6.07, 6.45) is 0. The average Bonchev–Trinajstić information content (AvgIpc) is 2.78. The standard InChI is InChI=1S/C15H20N6O4/c1-17-10-7-12(20-5-3-19(4-6-20)9-14(16)22)13(21(24)25)8-11(10)18(2)15(17)23/h7-8H,3-6,9H2,1-2H3,(H2,16,22). The molecule has 2 N–H and O–H groups in total. The van der Waals surface area contributed by atoms with Gasteiger partial charge in [0.25, 0.3) is 5.69 Å². The van der Waals surface area contributed by atoms with Crippen molar-refractivity contribution in [2.75, 3.05) is 37.6 Å². The summed E-state index contributed by atoms with van der Waals surface area (Å²) >= 11 is 0. The summed E-state index contributed by atoms with van der Waals surface area (Å²) < 4.78 is 2.88. The van der Waals surface area contributed by atoms with Crippen LogP contribution in [-0.2, 0) is 18.9 Å². The second-order valence-electron chi connectivity index (χ2n) is 6.22. The number of fused-ring (bicyclic) bond motifs is 1. The number of aromatic nitrogens is 2. The fourth-order valence-electron chi connectivity index (χ4n) is 3.29. The molecule has 1 fully saturated rings. The van der Waals surface area contributed by atoms with E-state index >= 15 is 0 Å². The van der Waals surface area contributed by atoms with Gasteiger partial charge in [-0.25, -0.2) is 4.79 Å². The summed E-state index contributed by atoms with van der Waals surface area (Å²) in [6.45, 7) is 2.45. The quantitative estimate of drug-likeness (QED) is 0.581. The molecule has 0 saturated carbocycles. The minimum absolute atomic E-state index is 0.0305. The van der Waals surface area contributed by atoms with Gasteiger partial charge >= 0.3 is 5.69 Å². The van der Waals surface area contributed by atoms with Gasteiger partial charge in [0.1, 0.15) is 5.69 Å². The Morgan fingerprint density at radius 2 is 1.72 bits per heavy atom. The fraction of sp³-hybridized carbons (Fsp3) is 0.467. The normalized spacial score (nSPS) is 15.7. The maximum absolute atomic E-state index is 12.1. The lowest BCUT2D eigenvalue weighted by atomic mass is 10.2. The Balaban J connectivity index is 1.99. The number of nitro groups is 1. The lowest BCUT2D eigenvalue weighted by Gasteiger charge is -2.35. The number of carbonyl (C=O) groups is 1. The molecule has 134 valence electrons. The Morgan fingerprint density at radius 1 is 1.16 bits per heavy atom. The first-order valence-electron chi connectivity index (χ1n) is 7.89. The van der Waals surface area contributed by atoms with Crippen LogP contribution in [0.1, 0.15) is 0 Å². The molecule has 1 aromatic heterocycles. The number of primary amides is 1. The van der Waals surface area contributed by atoms with Crippen molar-refractivity contribution in [1.29, 1.82) is 0 Å². The van der Waals surface area contributed by atoms with Crippen molar-refractivity contribution in [2.24, 2.45) is 19.8 Å². The highest BCUT2D eigenvalue weighted by molar-refractivity contribution is 5.86. The van der Waals surface area contributed by atoms with Crippen LogP contribution in [0, 0.1) is 10.1 Å². The maximum atomic E-state index is 12.1. The highest BCUT2D eigenvalue weighted by atomic mass is 16.6. The molecule has 0 unspecified atom stereocenters. The molecule has 0 atom stereocenters. The molecule has 10 heteroatoms. The zero-order chi connectivity index (χ0) is 18.3. The molecule has 1 aliphatic rings. The molecule has 1 amide bonds. The van der Waals surface area contributed by atoms with Gasteiger partial charge in [-0.1, -0.05) is 0 Å². The minimum atomic E-state index is -0.429. The first kappa shape index (κ1) is 17.0. The number of piperazine rings is 1. The van der Waals surface area contributed by atoms with Crippen molar-refractivity contribution in [3.05, 3.63) is 32.7 Å². The number of nitrogens with two attached hydrogens (primary N) is 1. The molecule has 2 heterocycles. The third kappa shape index (κ3) is 2.95. The van der Waals surface area contributed by atoms with Gasteiger partial charge in [-0.15, -0.1) is 0 Å². The molecule has 0 aliphatic carbocycles. The summed E-state index contributed by atoms with van der Waals surface area (Å²) in [6, 6.07) is 3.14. The molecule has 25 heavy (non-hydrogen) atoms. The predicted octanol–water partition coefficient (Wildman–Crippen LogP) is -0.607. The van der Waals surface area contributed by atoms with Crippen LogP contribution in [0.5, 0.6) is 0 Å². The van der Waals surface area contributed by atoms with Crippen LogP contribution in [0.25, 0.3) is 11.0 Å². The Bertz CT molecular complexity index is 907. The van der Waals surface area contributed by atoms with E-state index in [1.165, 1.54) is 15.2 Å². The van der Waals surface area contributed by atoms with Gasteiger partial charge < -0.3 is 10.6 Å². The monoisotopic (exact) mass is 348 g/mol. The van der Waals surface area contributed by atoms with E-state index in [4.69, 9.17) is 5.73 Å². The number of imidazole rings is 1. The molecular formula is C15H20N6O4. The largest absolute Gasteiger partial charge is 0.369 e. The van der Waals surface area contributed by atoms with Crippen LogP contribution >= 0.6 is 0 Å². The van der Waals surface area contributed by atoms with Crippen molar-refractivity contribution in [1.82, 2.24) is 14.0 Å². The van der Waals surface area contributed by atoms with E-state index in [2.05, 4.69) is 0 Å².